The largest absolute Gasteiger partial charge is 0.796 e. The van der Waals surface area contributed by atoms with Crippen molar-refractivity contribution in [1.29, 1.82) is 0 Å². The fraction of sp³-hybridized carbons (Fsp3) is 1.00. The Morgan fingerprint density at radius 2 is 0.323 bits per heavy atom. The zero-order valence-electron chi connectivity index (χ0n) is 14.0. The molecule has 29 heteroatoms. The average Bonchev–Trinajstić information content (AvgIpc) is 2.21. The maximum atomic E-state index is 8.52. The molecular weight excluding hydrogens is 1040 g/mol. The summed E-state index contributed by atoms with van der Waals surface area (Å²) in [6, 6.07) is 0. The van der Waals surface area contributed by atoms with Gasteiger partial charge in [0.2, 0.25) is 0 Å². The van der Waals surface area contributed by atoms with E-state index in [1.807, 2.05) is 0 Å². The Kier molecular flexibility index (Phi) is 57.2. The van der Waals surface area contributed by atoms with Crippen LogP contribution in [0.4, 0.5) is 0 Å². The van der Waals surface area contributed by atoms with Crippen LogP contribution in [0.3, 0.4) is 0 Å². The summed E-state index contributed by atoms with van der Waals surface area (Å²) in [6.07, 6.45) is 3.17. The standard InChI is InChI=1S/2CH4S.5H2O4S.2U/c2*1-2;5*1-5(2,3)4;;/h2*2H,1H3;5*(H2,1,2,3,4);;/p-12. The van der Waals surface area contributed by atoms with Crippen molar-refractivity contribution in [3.05, 3.63) is 0 Å². The van der Waals surface area contributed by atoms with Crippen LogP contribution in [0.25, 0.3) is 0 Å². The van der Waals surface area contributed by atoms with E-state index >= 15 is 0 Å². The Labute approximate surface area is 236 Å². The first kappa shape index (κ1) is 58.8. The summed E-state index contributed by atoms with van der Waals surface area (Å²) in [6.45, 7) is 0. The first-order valence-electron chi connectivity index (χ1n) is 4.15. The average molecular weight is 1050 g/mol. The second kappa shape index (κ2) is 30.2. The minimum atomic E-state index is -5.17. The molecule has 0 spiro atoms. The fourth-order valence-corrected chi connectivity index (χ4v) is 0. The molecule has 0 amide bonds. The molecule has 31 heavy (non-hydrogen) atoms. The van der Waals surface area contributed by atoms with Gasteiger partial charge in [-0.1, -0.05) is 0 Å². The SMILES string of the molecule is C[S-].C[S-].O=S(=O)([O-])[O-].O=S(=O)([O-])[O-].O=S(=O)([O-])[O-].O=S(=O)([O-])[O-].O=S(=O)([O-])[O-].[U].[U]. The molecular formula is C2H6O20S7U2-12. The molecule has 0 aliphatic heterocycles. The van der Waals surface area contributed by atoms with Crippen molar-refractivity contribution in [1.82, 2.24) is 0 Å². The summed E-state index contributed by atoms with van der Waals surface area (Å²) in [4.78, 5) is 0. The van der Waals surface area contributed by atoms with Gasteiger partial charge in [-0.05, 0) is 0 Å². The van der Waals surface area contributed by atoms with Crippen LogP contribution in [0.2, 0.25) is 0 Å². The Hall–Kier alpha value is 2.15. The predicted molar refractivity (Wildman–Crippen MR) is 79.0 cm³/mol. The molecule has 0 aliphatic carbocycles. The molecule has 0 unspecified atom stereocenters. The van der Waals surface area contributed by atoms with E-state index in [1.54, 1.807) is 12.5 Å². The number of rotatable bonds is 0. The van der Waals surface area contributed by atoms with E-state index in [2.05, 4.69) is 25.3 Å². The summed E-state index contributed by atoms with van der Waals surface area (Å²) in [7, 11) is -25.8. The van der Waals surface area contributed by atoms with Crippen molar-refractivity contribution in [3.63, 3.8) is 0 Å². The Morgan fingerprint density at radius 1 is 0.323 bits per heavy atom. The van der Waals surface area contributed by atoms with Gasteiger partial charge in [-0.25, -0.2) is 0 Å². The van der Waals surface area contributed by atoms with Crippen LogP contribution < -0.4 is 0 Å². The Balaban J connectivity index is -0.0000000263. The Bertz CT molecular complexity index is 634. The summed E-state index contributed by atoms with van der Waals surface area (Å²) < 4.78 is 170. The molecule has 0 rings (SSSR count). The third-order valence-electron chi connectivity index (χ3n) is 0. The van der Waals surface area contributed by atoms with Crippen LogP contribution in [0.5, 0.6) is 0 Å². The summed E-state index contributed by atoms with van der Waals surface area (Å²) in [5, 5.41) is 0. The maximum absolute atomic E-state index is 8.52. The predicted octanol–water partition coefficient (Wildman–Crippen LogP) is -6.36. The van der Waals surface area contributed by atoms with Gasteiger partial charge < -0.3 is 70.8 Å². The van der Waals surface area contributed by atoms with Crippen LogP contribution in [-0.4, -0.2) is 100 Å². The molecule has 196 valence electrons. The van der Waals surface area contributed by atoms with Crippen molar-refractivity contribution in [2.24, 2.45) is 0 Å². The Morgan fingerprint density at radius 3 is 0.323 bits per heavy atom. The molecule has 0 aromatic carbocycles. The third kappa shape index (κ3) is 6300. The van der Waals surface area contributed by atoms with Crippen molar-refractivity contribution < 1.29 is 150 Å². The van der Waals surface area contributed by atoms with E-state index in [0.29, 0.717) is 0 Å². The molecule has 0 aromatic heterocycles. The van der Waals surface area contributed by atoms with E-state index in [9.17, 15) is 0 Å². The second-order valence-corrected chi connectivity index (χ2v) is 6.12. The van der Waals surface area contributed by atoms with Gasteiger partial charge in [0.25, 0.3) is 0 Å². The van der Waals surface area contributed by atoms with Gasteiger partial charge in [0.15, 0.2) is 0 Å². The van der Waals surface area contributed by atoms with E-state index < -0.39 is 52.0 Å². The van der Waals surface area contributed by atoms with Crippen molar-refractivity contribution in [3.8, 4) is 0 Å². The monoisotopic (exact) mass is 1050 g/mol. The van der Waals surface area contributed by atoms with Gasteiger partial charge in [-0.3, -0.25) is 42.1 Å². The first-order chi connectivity index (χ1) is 12.0. The fourth-order valence-electron chi connectivity index (χ4n) is 0. The van der Waals surface area contributed by atoms with Gasteiger partial charge in [0.1, 0.15) is 0 Å². The first-order valence-corrected chi connectivity index (χ1v) is 12.4. The quantitative estimate of drug-likeness (QED) is 0.124. The van der Waals surface area contributed by atoms with Crippen LogP contribution >= 0.6 is 0 Å². The van der Waals surface area contributed by atoms with Crippen molar-refractivity contribution >= 4 is 77.3 Å². The molecule has 0 heterocycles. The molecule has 0 aliphatic rings. The smallest absolute Gasteiger partial charge is 0.0311 e. The topological polar surface area (TPSA) is 401 Å². The van der Waals surface area contributed by atoms with Gasteiger partial charge in [-0.15, -0.1) is 0 Å². The van der Waals surface area contributed by atoms with Gasteiger partial charge in [0.05, 0.1) is 0 Å². The zero-order chi connectivity index (χ0) is 26.5. The number of hydrogen-bond acceptors (Lipinski definition) is 22. The third-order valence-corrected chi connectivity index (χ3v) is 0. The van der Waals surface area contributed by atoms with Crippen LogP contribution in [0, 0.1) is 62.2 Å². The van der Waals surface area contributed by atoms with E-state index in [4.69, 9.17) is 87.6 Å². The minimum Gasteiger partial charge on any atom is -0.796 e. The molecule has 0 atom stereocenters. The van der Waals surface area contributed by atoms with Crippen LogP contribution in [0.15, 0.2) is 0 Å². The van der Waals surface area contributed by atoms with Crippen molar-refractivity contribution in [2.45, 2.75) is 0 Å². The summed E-state index contributed by atoms with van der Waals surface area (Å²) >= 11 is 8.17. The molecule has 0 saturated carbocycles. The minimum absolute atomic E-state index is 0. The van der Waals surface area contributed by atoms with Crippen LogP contribution in [-0.2, 0) is 77.3 Å². The van der Waals surface area contributed by atoms with Gasteiger partial charge in [-0.2, -0.15) is 12.5 Å². The van der Waals surface area contributed by atoms with Crippen molar-refractivity contribution in [2.75, 3.05) is 12.5 Å². The molecule has 0 aromatic rings. The summed E-state index contributed by atoms with van der Waals surface area (Å²) in [5.41, 5.74) is 0. The zero-order valence-corrected chi connectivity index (χ0v) is 28.1. The van der Waals surface area contributed by atoms with Crippen LogP contribution in [0.1, 0.15) is 0 Å². The molecule has 0 bridgehead atoms. The van der Waals surface area contributed by atoms with Gasteiger partial charge in [0, 0.05) is 114 Å². The van der Waals surface area contributed by atoms with E-state index in [1.165, 1.54) is 0 Å². The molecule has 20 nitrogen and oxygen atoms in total. The van der Waals surface area contributed by atoms with Gasteiger partial charge >= 0.3 is 0 Å². The summed E-state index contributed by atoms with van der Waals surface area (Å²) in [5.74, 6) is 0. The number of hydrogen-bond donors (Lipinski definition) is 0. The molecule has 0 saturated heterocycles. The van der Waals surface area contributed by atoms with E-state index in [-0.39, 0.29) is 62.2 Å². The normalized spacial score (nSPS) is 9.74. The molecule has 0 fully saturated rings. The molecule has 0 N–H and O–H groups in total. The second-order valence-electron chi connectivity index (χ2n) is 2.04. The maximum Gasteiger partial charge on any atom is 0.0311 e. The molecule has 0 radical (unpaired) electrons. The van der Waals surface area contributed by atoms with E-state index in [0.717, 1.165) is 0 Å².